The standard InChI is InChI=1S/C5H8O.CH4/c1-3-4-5(2)6;/h3-4H,1-2H3;1H4/b4-3+;. The van der Waals surface area contributed by atoms with E-state index in [0.717, 1.165) is 0 Å². The highest BCUT2D eigenvalue weighted by Gasteiger charge is 1.73. The summed E-state index contributed by atoms with van der Waals surface area (Å²) in [6.07, 6.45) is 3.25. The van der Waals surface area contributed by atoms with E-state index in [0.29, 0.717) is 0 Å². The first-order chi connectivity index (χ1) is 2.77. The van der Waals surface area contributed by atoms with Crippen LogP contribution >= 0.6 is 0 Å². The maximum absolute atomic E-state index is 9.96. The van der Waals surface area contributed by atoms with Crippen LogP contribution in [-0.4, -0.2) is 5.78 Å². The molecule has 0 amide bonds. The fourth-order valence-electron chi connectivity index (χ4n) is 0.235. The molecule has 1 nitrogen and oxygen atoms in total. The molecule has 0 aliphatic rings. The predicted molar refractivity (Wildman–Crippen MR) is 32.2 cm³/mol. The average Bonchev–Trinajstić information content (AvgIpc) is 1.35. The van der Waals surface area contributed by atoms with Crippen LogP contribution in [0.25, 0.3) is 0 Å². The number of rotatable bonds is 1. The highest BCUT2D eigenvalue weighted by molar-refractivity contribution is 5.87. The Labute approximate surface area is 45.0 Å². The summed E-state index contributed by atoms with van der Waals surface area (Å²) in [5, 5.41) is 0. The molecule has 0 N–H and O–H groups in total. The van der Waals surface area contributed by atoms with Crippen LogP contribution < -0.4 is 0 Å². The molecule has 0 spiro atoms. The van der Waals surface area contributed by atoms with Crippen molar-refractivity contribution in [1.82, 2.24) is 0 Å². The van der Waals surface area contributed by atoms with Gasteiger partial charge < -0.3 is 0 Å². The fraction of sp³-hybridized carbons (Fsp3) is 0.500. The molecule has 0 aliphatic heterocycles. The van der Waals surface area contributed by atoms with Crippen molar-refractivity contribution in [2.75, 3.05) is 0 Å². The Balaban J connectivity index is 0. The summed E-state index contributed by atoms with van der Waals surface area (Å²) in [5.41, 5.74) is 0. The number of hydrogen-bond acceptors (Lipinski definition) is 1. The van der Waals surface area contributed by atoms with Crippen LogP contribution in [0.15, 0.2) is 12.2 Å². The summed E-state index contributed by atoms with van der Waals surface area (Å²) in [6.45, 7) is 3.35. The number of ketones is 1. The van der Waals surface area contributed by atoms with Crippen LogP contribution in [0, 0.1) is 0 Å². The Kier molecular flexibility index (Phi) is 7.46. The van der Waals surface area contributed by atoms with Gasteiger partial charge in [-0.3, -0.25) is 4.79 Å². The Bertz CT molecular complexity index is 72.2. The summed E-state index contributed by atoms with van der Waals surface area (Å²) < 4.78 is 0. The largest absolute Gasteiger partial charge is 0.295 e. The van der Waals surface area contributed by atoms with Crippen molar-refractivity contribution in [2.45, 2.75) is 21.3 Å². The number of allylic oxidation sites excluding steroid dienone is 2. The summed E-state index contributed by atoms with van der Waals surface area (Å²) in [6, 6.07) is 0. The SMILES string of the molecule is C.C/C=C/C(C)=O. The van der Waals surface area contributed by atoms with Crippen molar-refractivity contribution < 1.29 is 4.79 Å². The van der Waals surface area contributed by atoms with Gasteiger partial charge in [0.1, 0.15) is 0 Å². The van der Waals surface area contributed by atoms with Crippen molar-refractivity contribution in [3.8, 4) is 0 Å². The normalized spacial score (nSPS) is 8.29. The molecule has 0 rings (SSSR count). The number of carbonyl (C=O) groups is 1. The minimum Gasteiger partial charge on any atom is -0.295 e. The molecule has 0 atom stereocenters. The van der Waals surface area contributed by atoms with Crippen molar-refractivity contribution >= 4 is 5.78 Å². The van der Waals surface area contributed by atoms with Crippen LogP contribution in [0.4, 0.5) is 0 Å². The molecule has 0 fully saturated rings. The third kappa shape index (κ3) is 10.8. The molecule has 0 radical (unpaired) electrons. The zero-order valence-electron chi connectivity index (χ0n) is 4.06. The van der Waals surface area contributed by atoms with Crippen LogP contribution in [-0.2, 0) is 4.79 Å². The molecule has 0 aromatic heterocycles. The molecule has 7 heavy (non-hydrogen) atoms. The molecule has 0 aliphatic carbocycles. The number of carbonyl (C=O) groups excluding carboxylic acids is 1. The second kappa shape index (κ2) is 5.41. The fourth-order valence-corrected chi connectivity index (χ4v) is 0.235. The third-order valence-electron chi connectivity index (χ3n) is 0.401. The van der Waals surface area contributed by atoms with Crippen molar-refractivity contribution in [1.29, 1.82) is 0 Å². The molecular weight excluding hydrogens is 88.1 g/mol. The van der Waals surface area contributed by atoms with Gasteiger partial charge in [0.05, 0.1) is 0 Å². The second-order valence-electron chi connectivity index (χ2n) is 1.11. The first-order valence-electron chi connectivity index (χ1n) is 1.90. The van der Waals surface area contributed by atoms with Gasteiger partial charge in [-0.15, -0.1) is 0 Å². The van der Waals surface area contributed by atoms with E-state index in [1.165, 1.54) is 13.0 Å². The van der Waals surface area contributed by atoms with Crippen LogP contribution in [0.1, 0.15) is 21.3 Å². The lowest BCUT2D eigenvalue weighted by Gasteiger charge is -1.68. The summed E-state index contributed by atoms with van der Waals surface area (Å²) in [7, 11) is 0. The monoisotopic (exact) mass is 100 g/mol. The van der Waals surface area contributed by atoms with Crippen LogP contribution in [0.5, 0.6) is 0 Å². The molecule has 1 heteroatoms. The van der Waals surface area contributed by atoms with E-state index in [1.807, 2.05) is 6.92 Å². The Hall–Kier alpha value is -0.590. The van der Waals surface area contributed by atoms with E-state index < -0.39 is 0 Å². The smallest absolute Gasteiger partial charge is 0.152 e. The lowest BCUT2D eigenvalue weighted by Crippen LogP contribution is -1.76. The van der Waals surface area contributed by atoms with Crippen LogP contribution in [0.2, 0.25) is 0 Å². The van der Waals surface area contributed by atoms with Gasteiger partial charge in [0.15, 0.2) is 5.78 Å². The average molecular weight is 100 g/mol. The zero-order chi connectivity index (χ0) is 4.99. The van der Waals surface area contributed by atoms with Gasteiger partial charge in [0, 0.05) is 0 Å². The van der Waals surface area contributed by atoms with E-state index in [-0.39, 0.29) is 13.2 Å². The molecular formula is C6H12O. The first-order valence-corrected chi connectivity index (χ1v) is 1.90. The quantitative estimate of drug-likeness (QED) is 0.459. The third-order valence-corrected chi connectivity index (χ3v) is 0.401. The van der Waals surface area contributed by atoms with Gasteiger partial charge >= 0.3 is 0 Å². The molecule has 0 saturated carbocycles. The Morgan fingerprint density at radius 1 is 1.57 bits per heavy atom. The van der Waals surface area contributed by atoms with Gasteiger partial charge in [-0.25, -0.2) is 0 Å². The topological polar surface area (TPSA) is 17.1 Å². The minimum atomic E-state index is 0. The Morgan fingerprint density at radius 2 is 2.00 bits per heavy atom. The highest BCUT2D eigenvalue weighted by atomic mass is 16.1. The maximum Gasteiger partial charge on any atom is 0.152 e. The highest BCUT2D eigenvalue weighted by Crippen LogP contribution is 1.69. The maximum atomic E-state index is 9.96. The first kappa shape index (κ1) is 9.65. The van der Waals surface area contributed by atoms with Gasteiger partial charge in [0.25, 0.3) is 0 Å². The molecule has 0 aromatic carbocycles. The summed E-state index contributed by atoms with van der Waals surface area (Å²) in [5.74, 6) is 0.109. The van der Waals surface area contributed by atoms with Crippen molar-refractivity contribution in [2.24, 2.45) is 0 Å². The van der Waals surface area contributed by atoms with Gasteiger partial charge in [-0.2, -0.15) is 0 Å². The minimum absolute atomic E-state index is 0. The molecule has 0 aromatic rings. The van der Waals surface area contributed by atoms with Gasteiger partial charge in [-0.1, -0.05) is 13.5 Å². The van der Waals surface area contributed by atoms with Crippen molar-refractivity contribution in [3.05, 3.63) is 12.2 Å². The van der Waals surface area contributed by atoms with Crippen LogP contribution in [0.3, 0.4) is 0 Å². The lowest BCUT2D eigenvalue weighted by molar-refractivity contribution is -0.112. The van der Waals surface area contributed by atoms with Crippen molar-refractivity contribution in [3.63, 3.8) is 0 Å². The molecule has 0 heterocycles. The second-order valence-corrected chi connectivity index (χ2v) is 1.11. The summed E-state index contributed by atoms with van der Waals surface area (Å²) in [4.78, 5) is 9.96. The summed E-state index contributed by atoms with van der Waals surface area (Å²) >= 11 is 0. The van der Waals surface area contributed by atoms with E-state index in [9.17, 15) is 4.79 Å². The lowest BCUT2D eigenvalue weighted by atomic mass is 10.4. The number of hydrogen-bond donors (Lipinski definition) is 0. The predicted octanol–water partition coefficient (Wildman–Crippen LogP) is 1.79. The van der Waals surface area contributed by atoms with E-state index >= 15 is 0 Å². The molecule has 0 saturated heterocycles. The van der Waals surface area contributed by atoms with E-state index in [2.05, 4.69) is 0 Å². The van der Waals surface area contributed by atoms with E-state index in [4.69, 9.17) is 0 Å². The van der Waals surface area contributed by atoms with E-state index in [1.54, 1.807) is 6.08 Å². The molecule has 0 unspecified atom stereocenters. The molecule has 0 bridgehead atoms. The van der Waals surface area contributed by atoms with Gasteiger partial charge in [0.2, 0.25) is 0 Å². The zero-order valence-corrected chi connectivity index (χ0v) is 4.06. The molecule has 42 valence electrons. The van der Waals surface area contributed by atoms with Gasteiger partial charge in [-0.05, 0) is 19.9 Å². The Morgan fingerprint density at radius 3 is 2.00 bits per heavy atom.